The lowest BCUT2D eigenvalue weighted by atomic mass is 10.2. The number of rotatable bonds is 4. The van der Waals surface area contributed by atoms with Gasteiger partial charge in [-0.1, -0.05) is 18.2 Å². The average molecular weight is 283 g/mol. The molecule has 0 amide bonds. The minimum Gasteiger partial charge on any atom is -0.224 e. The monoisotopic (exact) mass is 282 g/mol. The Morgan fingerprint density at radius 3 is 2.19 bits per heavy atom. The smallest absolute Gasteiger partial charge is 0.224 e. The summed E-state index contributed by atoms with van der Waals surface area (Å²) in [6.07, 6.45) is 1.18. The van der Waals surface area contributed by atoms with Crippen LogP contribution in [0.5, 0.6) is 0 Å². The van der Waals surface area contributed by atoms with Crippen LogP contribution in [0.1, 0.15) is 5.56 Å². The normalized spacial score (nSPS) is 12.6. The zero-order chi connectivity index (χ0) is 12.4. The highest BCUT2D eigenvalue weighted by atomic mass is 35.7. The van der Waals surface area contributed by atoms with Crippen molar-refractivity contribution in [1.29, 1.82) is 0 Å². The van der Waals surface area contributed by atoms with Gasteiger partial charge in [0.15, 0.2) is 9.84 Å². The van der Waals surface area contributed by atoms with Crippen molar-refractivity contribution in [1.82, 2.24) is 0 Å². The molecule has 90 valence electrons. The van der Waals surface area contributed by atoms with E-state index in [9.17, 15) is 16.8 Å². The molecule has 0 N–H and O–H groups in total. The Hall–Kier alpha value is -0.590. The molecule has 4 nitrogen and oxygen atoms in total. The first-order valence-electron chi connectivity index (χ1n) is 4.40. The average Bonchev–Trinajstić information content (AvgIpc) is 2.12. The predicted octanol–water partition coefficient (Wildman–Crippen LogP) is 1.20. The Kier molecular flexibility index (Phi) is 3.98. The van der Waals surface area contributed by atoms with Crippen molar-refractivity contribution in [3.8, 4) is 0 Å². The highest BCUT2D eigenvalue weighted by molar-refractivity contribution is 8.13. The van der Waals surface area contributed by atoms with Gasteiger partial charge in [-0.2, -0.15) is 0 Å². The summed E-state index contributed by atoms with van der Waals surface area (Å²) >= 11 is 0. The topological polar surface area (TPSA) is 68.3 Å². The van der Waals surface area contributed by atoms with E-state index in [1.807, 2.05) is 0 Å². The van der Waals surface area contributed by atoms with Crippen LogP contribution in [-0.4, -0.2) is 28.8 Å². The molecule has 16 heavy (non-hydrogen) atoms. The Balaban J connectivity index is 3.06. The number of benzene rings is 1. The Labute approximate surface area is 99.6 Å². The third-order valence-corrected chi connectivity index (χ3v) is 4.34. The summed E-state index contributed by atoms with van der Waals surface area (Å²) in [5, 5.41) is 0. The van der Waals surface area contributed by atoms with Crippen LogP contribution in [0.4, 0.5) is 0 Å². The molecular formula is C9H11ClO4S2. The maximum atomic E-state index is 11.4. The zero-order valence-electron chi connectivity index (χ0n) is 8.55. The van der Waals surface area contributed by atoms with E-state index >= 15 is 0 Å². The summed E-state index contributed by atoms with van der Waals surface area (Å²) in [7, 11) is -1.87. The lowest BCUT2D eigenvalue weighted by Crippen LogP contribution is -2.07. The summed E-state index contributed by atoms with van der Waals surface area (Å²) < 4.78 is 44.4. The molecule has 0 unspecified atom stereocenters. The van der Waals surface area contributed by atoms with E-state index in [1.165, 1.54) is 6.07 Å². The van der Waals surface area contributed by atoms with Crippen molar-refractivity contribution < 1.29 is 16.8 Å². The van der Waals surface area contributed by atoms with Gasteiger partial charge >= 0.3 is 0 Å². The fraction of sp³-hybridized carbons (Fsp3) is 0.333. The second-order valence-corrected chi connectivity index (χ2v) is 8.25. The molecule has 0 saturated heterocycles. The van der Waals surface area contributed by atoms with Crippen LogP contribution in [0.3, 0.4) is 0 Å². The fourth-order valence-corrected chi connectivity index (χ4v) is 2.97. The van der Waals surface area contributed by atoms with Crippen LogP contribution in [0.25, 0.3) is 0 Å². The van der Waals surface area contributed by atoms with Crippen LogP contribution >= 0.6 is 10.7 Å². The van der Waals surface area contributed by atoms with Crippen molar-refractivity contribution >= 4 is 29.6 Å². The van der Waals surface area contributed by atoms with Gasteiger partial charge in [-0.3, -0.25) is 0 Å². The van der Waals surface area contributed by atoms with Gasteiger partial charge in [0, 0.05) is 16.9 Å². The highest BCUT2D eigenvalue weighted by Gasteiger charge is 2.14. The number of hydrogen-bond donors (Lipinski definition) is 0. The van der Waals surface area contributed by atoms with E-state index in [-0.39, 0.29) is 17.1 Å². The Bertz CT molecular complexity index is 575. The van der Waals surface area contributed by atoms with Crippen molar-refractivity contribution in [3.63, 3.8) is 0 Å². The molecule has 0 aromatic heterocycles. The summed E-state index contributed by atoms with van der Waals surface area (Å²) in [6, 6.07) is 6.28. The van der Waals surface area contributed by atoms with Crippen molar-refractivity contribution in [2.24, 2.45) is 0 Å². The minimum atomic E-state index is -3.61. The molecule has 1 aromatic carbocycles. The summed E-state index contributed by atoms with van der Waals surface area (Å²) in [6.45, 7) is 0. The highest BCUT2D eigenvalue weighted by Crippen LogP contribution is 2.16. The second-order valence-electron chi connectivity index (χ2n) is 3.37. The first kappa shape index (κ1) is 13.5. The van der Waals surface area contributed by atoms with Crippen LogP contribution in [0.15, 0.2) is 29.2 Å². The van der Waals surface area contributed by atoms with Crippen molar-refractivity contribution in [2.75, 3.05) is 12.0 Å². The molecular weight excluding hydrogens is 272 g/mol. The molecule has 0 saturated carbocycles. The third-order valence-electron chi connectivity index (χ3n) is 1.99. The molecule has 0 fully saturated rings. The molecule has 0 radical (unpaired) electrons. The molecule has 7 heteroatoms. The van der Waals surface area contributed by atoms with E-state index in [4.69, 9.17) is 10.7 Å². The van der Waals surface area contributed by atoms with E-state index < -0.39 is 18.9 Å². The van der Waals surface area contributed by atoms with Crippen molar-refractivity contribution in [2.45, 2.75) is 11.3 Å². The second kappa shape index (κ2) is 4.73. The molecule has 0 aliphatic rings. The van der Waals surface area contributed by atoms with E-state index in [2.05, 4.69) is 0 Å². The lowest BCUT2D eigenvalue weighted by molar-refractivity contribution is 0.599. The van der Waals surface area contributed by atoms with Gasteiger partial charge in [-0.15, -0.1) is 0 Å². The molecule has 0 aliphatic heterocycles. The number of halogens is 1. The molecule has 0 spiro atoms. The summed E-state index contributed by atoms with van der Waals surface area (Å²) in [5.74, 6) is -0.277. The Morgan fingerprint density at radius 2 is 1.69 bits per heavy atom. The van der Waals surface area contributed by atoms with Crippen LogP contribution in [0, 0.1) is 0 Å². The van der Waals surface area contributed by atoms with Crippen LogP contribution < -0.4 is 0 Å². The number of aryl methyl sites for hydroxylation is 1. The van der Waals surface area contributed by atoms with Gasteiger partial charge in [0.2, 0.25) is 9.05 Å². The molecule has 1 aromatic rings. The standard InChI is InChI=1S/C9H11ClO4S2/c1-15(11,12)9-5-3-2-4-8(9)6-7-16(10,13)14/h2-5H,6-7H2,1H3. The Morgan fingerprint density at radius 1 is 1.12 bits per heavy atom. The first-order chi connectivity index (χ1) is 7.20. The largest absolute Gasteiger partial charge is 0.232 e. The quantitative estimate of drug-likeness (QED) is 0.778. The maximum absolute atomic E-state index is 11.4. The summed E-state index contributed by atoms with van der Waals surface area (Å²) in [4.78, 5) is 0.148. The molecule has 1 rings (SSSR count). The van der Waals surface area contributed by atoms with Crippen molar-refractivity contribution in [3.05, 3.63) is 29.8 Å². The molecule has 0 aliphatic carbocycles. The predicted molar refractivity (Wildman–Crippen MR) is 62.9 cm³/mol. The zero-order valence-corrected chi connectivity index (χ0v) is 10.9. The van der Waals surface area contributed by atoms with Gasteiger partial charge < -0.3 is 0 Å². The van der Waals surface area contributed by atoms with Crippen LogP contribution in [-0.2, 0) is 25.3 Å². The van der Waals surface area contributed by atoms with E-state index in [0.717, 1.165) is 6.26 Å². The van der Waals surface area contributed by atoms with Crippen LogP contribution in [0.2, 0.25) is 0 Å². The lowest BCUT2D eigenvalue weighted by Gasteiger charge is -2.06. The van der Waals surface area contributed by atoms with Gasteiger partial charge in [0.25, 0.3) is 0 Å². The minimum absolute atomic E-state index is 0.0923. The third kappa shape index (κ3) is 4.11. The number of hydrogen-bond acceptors (Lipinski definition) is 4. The first-order valence-corrected chi connectivity index (χ1v) is 8.77. The maximum Gasteiger partial charge on any atom is 0.232 e. The molecule has 0 heterocycles. The van der Waals surface area contributed by atoms with E-state index in [0.29, 0.717) is 5.56 Å². The fourth-order valence-electron chi connectivity index (χ4n) is 1.30. The molecule has 0 bridgehead atoms. The number of sulfone groups is 1. The SMILES string of the molecule is CS(=O)(=O)c1ccccc1CCS(=O)(=O)Cl. The van der Waals surface area contributed by atoms with Gasteiger partial charge in [0.1, 0.15) is 0 Å². The van der Waals surface area contributed by atoms with Gasteiger partial charge in [-0.05, 0) is 18.1 Å². The van der Waals surface area contributed by atoms with Gasteiger partial charge in [0.05, 0.1) is 10.6 Å². The molecule has 0 atom stereocenters. The summed E-state index contributed by atoms with van der Waals surface area (Å²) in [5.41, 5.74) is 0.467. The van der Waals surface area contributed by atoms with E-state index in [1.54, 1.807) is 18.2 Å². The van der Waals surface area contributed by atoms with Gasteiger partial charge in [-0.25, -0.2) is 16.8 Å².